The lowest BCUT2D eigenvalue weighted by atomic mass is 10.1. The van der Waals surface area contributed by atoms with Gasteiger partial charge in [-0.25, -0.2) is 0 Å². The van der Waals surface area contributed by atoms with Crippen LogP contribution < -0.4 is 0 Å². The van der Waals surface area contributed by atoms with Gasteiger partial charge in [0.25, 0.3) is 0 Å². The molecule has 0 N–H and O–H groups in total. The molecule has 0 unspecified atom stereocenters. The van der Waals surface area contributed by atoms with E-state index in [1.807, 2.05) is 4.90 Å². The van der Waals surface area contributed by atoms with Gasteiger partial charge < -0.3 is 9.64 Å². The molecule has 0 spiro atoms. The van der Waals surface area contributed by atoms with E-state index in [0.29, 0.717) is 12.5 Å². The van der Waals surface area contributed by atoms with Crippen LogP contribution in [-0.4, -0.2) is 66.9 Å². The summed E-state index contributed by atoms with van der Waals surface area (Å²) < 4.78 is 5.24. The van der Waals surface area contributed by atoms with Gasteiger partial charge in [-0.15, -0.1) is 11.6 Å². The van der Waals surface area contributed by atoms with E-state index < -0.39 is 0 Å². The molecule has 152 valence electrons. The Morgan fingerprint density at radius 3 is 2.19 bits per heavy atom. The third-order valence-electron chi connectivity index (χ3n) is 4.89. The summed E-state index contributed by atoms with van der Waals surface area (Å²) in [6.45, 7) is 6.98. The van der Waals surface area contributed by atoms with Crippen molar-refractivity contribution < 1.29 is 14.3 Å². The Balaban J connectivity index is 2.00. The minimum atomic E-state index is -0.245. The first-order valence-corrected chi connectivity index (χ1v) is 10.9. The highest BCUT2D eigenvalue weighted by Crippen LogP contribution is 2.09. The second kappa shape index (κ2) is 15.3. The highest BCUT2D eigenvalue weighted by atomic mass is 35.5. The van der Waals surface area contributed by atoms with Crippen LogP contribution >= 0.6 is 11.6 Å². The van der Waals surface area contributed by atoms with Crippen LogP contribution in [0.2, 0.25) is 0 Å². The summed E-state index contributed by atoms with van der Waals surface area (Å²) in [6, 6.07) is 0. The summed E-state index contributed by atoms with van der Waals surface area (Å²) in [5, 5.41) is 0. The van der Waals surface area contributed by atoms with Crippen LogP contribution in [0.4, 0.5) is 0 Å². The topological polar surface area (TPSA) is 49.9 Å². The highest BCUT2D eigenvalue weighted by Gasteiger charge is 2.21. The summed E-state index contributed by atoms with van der Waals surface area (Å²) in [5.74, 6) is 0.500. The minimum Gasteiger partial charge on any atom is -0.466 e. The molecule has 1 amide bonds. The number of amides is 1. The van der Waals surface area contributed by atoms with Gasteiger partial charge in [-0.3, -0.25) is 14.5 Å². The number of piperazine rings is 1. The summed E-state index contributed by atoms with van der Waals surface area (Å²) in [6.07, 6.45) is 9.85. The van der Waals surface area contributed by atoms with Crippen LogP contribution in [0.25, 0.3) is 0 Å². The predicted molar refractivity (Wildman–Crippen MR) is 107 cm³/mol. The second-order valence-electron chi connectivity index (χ2n) is 7.11. The molecule has 1 aliphatic rings. The van der Waals surface area contributed by atoms with Gasteiger partial charge in [0.2, 0.25) is 5.91 Å². The summed E-state index contributed by atoms with van der Waals surface area (Å²) in [7, 11) is 0. The Morgan fingerprint density at radius 2 is 1.54 bits per heavy atom. The quantitative estimate of drug-likeness (QED) is 0.258. The molecule has 0 aliphatic carbocycles. The monoisotopic (exact) mass is 388 g/mol. The zero-order valence-corrected chi connectivity index (χ0v) is 17.3. The molecule has 26 heavy (non-hydrogen) atoms. The van der Waals surface area contributed by atoms with Gasteiger partial charge in [-0.05, 0) is 19.4 Å². The van der Waals surface area contributed by atoms with E-state index >= 15 is 0 Å². The van der Waals surface area contributed by atoms with Gasteiger partial charge in [0.05, 0.1) is 13.0 Å². The number of hydrogen-bond donors (Lipinski definition) is 0. The fourth-order valence-electron chi connectivity index (χ4n) is 3.19. The van der Waals surface area contributed by atoms with Gasteiger partial charge in [0, 0.05) is 38.5 Å². The van der Waals surface area contributed by atoms with Gasteiger partial charge in [-0.1, -0.05) is 45.4 Å². The number of esters is 1. The van der Waals surface area contributed by atoms with Crippen molar-refractivity contribution in [1.82, 2.24) is 9.80 Å². The molecular formula is C20H37ClN2O3. The maximum Gasteiger partial charge on any atom is 0.306 e. The summed E-state index contributed by atoms with van der Waals surface area (Å²) in [5.41, 5.74) is 0. The van der Waals surface area contributed by atoms with Crippen LogP contribution in [0.5, 0.6) is 0 Å². The van der Waals surface area contributed by atoms with Gasteiger partial charge >= 0.3 is 5.97 Å². The first-order valence-electron chi connectivity index (χ1n) is 10.4. The van der Waals surface area contributed by atoms with E-state index in [1.54, 1.807) is 0 Å². The van der Waals surface area contributed by atoms with E-state index in [2.05, 4.69) is 11.8 Å². The number of hydrogen-bond acceptors (Lipinski definition) is 4. The zero-order chi connectivity index (χ0) is 19.0. The molecule has 1 heterocycles. The SMILES string of the molecule is CCCCCCCCCOC(=O)CCC(=O)N1CCN(CCCCl)CC1. The standard InChI is InChI=1S/C20H37ClN2O3/c1-2-3-4-5-6-7-8-18-26-20(25)11-10-19(24)23-16-14-22(15-17-23)13-9-12-21/h2-18H2,1H3. The van der Waals surface area contributed by atoms with Crippen LogP contribution in [0.3, 0.4) is 0 Å². The second-order valence-corrected chi connectivity index (χ2v) is 7.48. The molecule has 1 saturated heterocycles. The molecule has 0 bridgehead atoms. The maximum atomic E-state index is 12.2. The fraction of sp³-hybridized carbons (Fsp3) is 0.900. The van der Waals surface area contributed by atoms with E-state index in [9.17, 15) is 9.59 Å². The maximum absolute atomic E-state index is 12.2. The van der Waals surface area contributed by atoms with Crippen molar-refractivity contribution in [1.29, 1.82) is 0 Å². The van der Waals surface area contributed by atoms with Crippen molar-refractivity contribution >= 4 is 23.5 Å². The molecule has 1 rings (SSSR count). The number of nitrogens with zero attached hydrogens (tertiary/aromatic N) is 2. The van der Waals surface area contributed by atoms with Crippen LogP contribution in [0, 0.1) is 0 Å². The molecule has 0 aromatic rings. The molecule has 0 radical (unpaired) electrons. The minimum absolute atomic E-state index is 0.0647. The van der Waals surface area contributed by atoms with Gasteiger partial charge in [-0.2, -0.15) is 0 Å². The predicted octanol–water partition coefficient (Wildman–Crippen LogP) is 3.83. The average molecular weight is 389 g/mol. The number of carbonyl (C=O) groups is 2. The van der Waals surface area contributed by atoms with Crippen molar-refractivity contribution in [2.24, 2.45) is 0 Å². The number of rotatable bonds is 14. The first kappa shape index (κ1) is 23.2. The van der Waals surface area contributed by atoms with E-state index in [1.165, 1.54) is 32.1 Å². The largest absolute Gasteiger partial charge is 0.466 e. The smallest absolute Gasteiger partial charge is 0.306 e. The third-order valence-corrected chi connectivity index (χ3v) is 5.15. The molecule has 1 fully saturated rings. The van der Waals surface area contributed by atoms with E-state index in [0.717, 1.165) is 52.0 Å². The lowest BCUT2D eigenvalue weighted by Crippen LogP contribution is -2.48. The van der Waals surface area contributed by atoms with E-state index in [-0.39, 0.29) is 24.7 Å². The highest BCUT2D eigenvalue weighted by molar-refractivity contribution is 6.17. The van der Waals surface area contributed by atoms with Gasteiger partial charge in [0.15, 0.2) is 0 Å². The number of carbonyl (C=O) groups excluding carboxylic acids is 2. The molecular weight excluding hydrogens is 352 g/mol. The van der Waals surface area contributed by atoms with Crippen LogP contribution in [0.1, 0.15) is 71.1 Å². The van der Waals surface area contributed by atoms with Crippen molar-refractivity contribution in [3.8, 4) is 0 Å². The van der Waals surface area contributed by atoms with Gasteiger partial charge in [0.1, 0.15) is 0 Å². The Kier molecular flexibility index (Phi) is 13.6. The molecule has 0 aromatic heterocycles. The summed E-state index contributed by atoms with van der Waals surface area (Å²) >= 11 is 5.72. The number of unbranched alkanes of at least 4 members (excludes halogenated alkanes) is 6. The lowest BCUT2D eigenvalue weighted by Gasteiger charge is -2.34. The Bertz CT molecular complexity index is 385. The van der Waals surface area contributed by atoms with Crippen molar-refractivity contribution in [2.45, 2.75) is 71.1 Å². The number of alkyl halides is 1. The molecule has 0 atom stereocenters. The Hall–Kier alpha value is -0.810. The molecule has 1 aliphatic heterocycles. The van der Waals surface area contributed by atoms with Crippen LogP contribution in [-0.2, 0) is 14.3 Å². The first-order chi connectivity index (χ1) is 12.7. The van der Waals surface area contributed by atoms with Crippen molar-refractivity contribution in [3.05, 3.63) is 0 Å². The molecule has 0 aromatic carbocycles. The molecule has 6 heteroatoms. The van der Waals surface area contributed by atoms with E-state index in [4.69, 9.17) is 16.3 Å². The fourth-order valence-corrected chi connectivity index (χ4v) is 3.31. The van der Waals surface area contributed by atoms with Crippen molar-refractivity contribution in [3.63, 3.8) is 0 Å². The molecule has 0 saturated carbocycles. The molecule has 5 nitrogen and oxygen atoms in total. The Morgan fingerprint density at radius 1 is 0.885 bits per heavy atom. The Labute approximate surface area is 164 Å². The average Bonchev–Trinajstić information content (AvgIpc) is 2.67. The number of ether oxygens (including phenoxy) is 1. The third kappa shape index (κ3) is 11.0. The lowest BCUT2D eigenvalue weighted by molar-refractivity contribution is -0.146. The summed E-state index contributed by atoms with van der Waals surface area (Å²) in [4.78, 5) is 28.2. The van der Waals surface area contributed by atoms with Crippen molar-refractivity contribution in [2.75, 3.05) is 45.2 Å². The zero-order valence-electron chi connectivity index (χ0n) is 16.5. The number of halogens is 1. The normalized spacial score (nSPS) is 15.2. The van der Waals surface area contributed by atoms with Crippen LogP contribution in [0.15, 0.2) is 0 Å².